The van der Waals surface area contributed by atoms with Crippen molar-refractivity contribution in [3.8, 4) is 0 Å². The fourth-order valence-corrected chi connectivity index (χ4v) is 1.37. The number of nitrogens with zero attached hydrogens (tertiary/aromatic N) is 3. The van der Waals surface area contributed by atoms with Gasteiger partial charge in [0.05, 0.1) is 12.7 Å². The maximum absolute atomic E-state index is 11.1. The van der Waals surface area contributed by atoms with Crippen LogP contribution in [0.4, 0.5) is 16.4 Å². The molecule has 9 nitrogen and oxygen atoms in total. The summed E-state index contributed by atoms with van der Waals surface area (Å²) in [6.07, 6.45) is -1.20. The standard InChI is InChI=1S/C11H19N5O4/c1-8(18)7-16(2)10-4-3-9(12-14-10)13-15-11(19)20-6-5-17/h3-4,8,17-18H,5-7H2,1-2H3,(H,12,13)(H,15,19). The molecule has 1 amide bonds. The van der Waals surface area contributed by atoms with Crippen molar-refractivity contribution >= 4 is 17.7 Å². The van der Waals surface area contributed by atoms with Gasteiger partial charge in [-0.25, -0.2) is 10.2 Å². The molecule has 1 unspecified atom stereocenters. The maximum atomic E-state index is 11.1. The van der Waals surface area contributed by atoms with E-state index >= 15 is 0 Å². The molecule has 1 aromatic rings. The van der Waals surface area contributed by atoms with Gasteiger partial charge < -0.3 is 19.8 Å². The minimum Gasteiger partial charge on any atom is -0.446 e. The van der Waals surface area contributed by atoms with Gasteiger partial charge in [-0.2, -0.15) is 0 Å². The summed E-state index contributed by atoms with van der Waals surface area (Å²) in [5.74, 6) is 0.930. The largest absolute Gasteiger partial charge is 0.446 e. The lowest BCUT2D eigenvalue weighted by Crippen LogP contribution is -2.31. The Kier molecular flexibility index (Phi) is 6.47. The number of hydrogen-bond acceptors (Lipinski definition) is 8. The summed E-state index contributed by atoms with van der Waals surface area (Å²) in [7, 11) is 1.79. The van der Waals surface area contributed by atoms with E-state index in [2.05, 4.69) is 25.8 Å². The summed E-state index contributed by atoms with van der Waals surface area (Å²) >= 11 is 0. The van der Waals surface area contributed by atoms with Crippen molar-refractivity contribution < 1.29 is 19.7 Å². The van der Waals surface area contributed by atoms with E-state index in [1.165, 1.54) is 0 Å². The van der Waals surface area contributed by atoms with Gasteiger partial charge in [-0.15, -0.1) is 10.2 Å². The maximum Gasteiger partial charge on any atom is 0.426 e. The number of nitrogens with one attached hydrogen (secondary N) is 2. The molecule has 0 saturated heterocycles. The molecule has 0 aliphatic carbocycles. The lowest BCUT2D eigenvalue weighted by molar-refractivity contribution is 0.121. The van der Waals surface area contributed by atoms with Gasteiger partial charge in [0.25, 0.3) is 0 Å². The van der Waals surface area contributed by atoms with Crippen LogP contribution in [-0.2, 0) is 4.74 Å². The molecule has 20 heavy (non-hydrogen) atoms. The lowest BCUT2D eigenvalue weighted by atomic mass is 10.3. The van der Waals surface area contributed by atoms with Gasteiger partial charge in [-0.05, 0) is 19.1 Å². The van der Waals surface area contributed by atoms with Crippen LogP contribution in [0.5, 0.6) is 0 Å². The highest BCUT2D eigenvalue weighted by molar-refractivity contribution is 5.68. The second-order valence-electron chi connectivity index (χ2n) is 4.12. The van der Waals surface area contributed by atoms with E-state index in [1.54, 1.807) is 31.0 Å². The number of aliphatic hydroxyl groups excluding tert-OH is 2. The Balaban J connectivity index is 2.44. The molecule has 0 bridgehead atoms. The van der Waals surface area contributed by atoms with Crippen LogP contribution in [0.3, 0.4) is 0 Å². The molecule has 0 fully saturated rings. The Morgan fingerprint density at radius 3 is 2.80 bits per heavy atom. The molecule has 0 aliphatic heterocycles. The lowest BCUT2D eigenvalue weighted by Gasteiger charge is -2.19. The first-order valence-electron chi connectivity index (χ1n) is 6.05. The van der Waals surface area contributed by atoms with Crippen LogP contribution in [0, 0.1) is 0 Å². The van der Waals surface area contributed by atoms with Gasteiger partial charge in [0.15, 0.2) is 11.6 Å². The van der Waals surface area contributed by atoms with E-state index in [-0.39, 0.29) is 13.2 Å². The average Bonchev–Trinajstić information content (AvgIpc) is 2.42. The number of hydrogen-bond donors (Lipinski definition) is 4. The van der Waals surface area contributed by atoms with Crippen molar-refractivity contribution in [2.75, 3.05) is 37.1 Å². The van der Waals surface area contributed by atoms with Crippen LogP contribution in [0.25, 0.3) is 0 Å². The molecule has 0 radical (unpaired) electrons. The number of amides is 1. The Morgan fingerprint density at radius 1 is 1.50 bits per heavy atom. The summed E-state index contributed by atoms with van der Waals surface area (Å²) < 4.78 is 4.57. The van der Waals surface area contributed by atoms with E-state index < -0.39 is 12.2 Å². The van der Waals surface area contributed by atoms with Crippen LogP contribution in [-0.4, -0.2) is 59.4 Å². The Morgan fingerprint density at radius 2 is 2.25 bits per heavy atom. The summed E-state index contributed by atoms with van der Waals surface area (Å²) in [6.45, 7) is 1.80. The molecule has 1 atom stereocenters. The predicted molar refractivity (Wildman–Crippen MR) is 72.2 cm³/mol. The third kappa shape index (κ3) is 5.67. The average molecular weight is 285 g/mol. The van der Waals surface area contributed by atoms with Crippen LogP contribution in [0.1, 0.15) is 6.92 Å². The Bertz CT molecular complexity index is 412. The number of aromatic nitrogens is 2. The molecule has 1 rings (SSSR count). The summed E-state index contributed by atoms with van der Waals surface area (Å²) in [4.78, 5) is 12.8. The third-order valence-corrected chi connectivity index (χ3v) is 2.20. The van der Waals surface area contributed by atoms with E-state index in [1.807, 2.05) is 0 Å². The van der Waals surface area contributed by atoms with Gasteiger partial charge in [0.1, 0.15) is 6.61 Å². The molecule has 9 heteroatoms. The Labute approximate surface area is 116 Å². The zero-order valence-electron chi connectivity index (χ0n) is 11.4. The highest BCUT2D eigenvalue weighted by Crippen LogP contribution is 2.09. The molecule has 0 aromatic carbocycles. The summed E-state index contributed by atoms with van der Waals surface area (Å²) in [5, 5.41) is 25.5. The third-order valence-electron chi connectivity index (χ3n) is 2.20. The minimum absolute atomic E-state index is 0.0811. The van der Waals surface area contributed by atoms with Crippen LogP contribution < -0.4 is 15.8 Å². The number of likely N-dealkylation sites (N-methyl/N-ethyl adjacent to an activating group) is 1. The van der Waals surface area contributed by atoms with Gasteiger partial charge >= 0.3 is 6.09 Å². The molecule has 0 aliphatic rings. The van der Waals surface area contributed by atoms with E-state index in [0.717, 1.165) is 0 Å². The monoisotopic (exact) mass is 285 g/mol. The zero-order valence-corrected chi connectivity index (χ0v) is 11.4. The number of anilines is 2. The van der Waals surface area contributed by atoms with Crippen LogP contribution in [0.15, 0.2) is 12.1 Å². The molecular weight excluding hydrogens is 266 g/mol. The topological polar surface area (TPSA) is 120 Å². The molecule has 0 saturated carbocycles. The highest BCUT2D eigenvalue weighted by Gasteiger charge is 2.07. The van der Waals surface area contributed by atoms with Gasteiger partial charge in [0.2, 0.25) is 0 Å². The fourth-order valence-electron chi connectivity index (χ4n) is 1.37. The second-order valence-corrected chi connectivity index (χ2v) is 4.12. The second kappa shape index (κ2) is 8.12. The smallest absolute Gasteiger partial charge is 0.426 e. The summed E-state index contributed by atoms with van der Waals surface area (Å²) in [6, 6.07) is 3.31. The number of carbonyl (C=O) groups is 1. The first kappa shape index (κ1) is 15.9. The molecule has 4 N–H and O–H groups in total. The van der Waals surface area contributed by atoms with Crippen molar-refractivity contribution in [1.29, 1.82) is 0 Å². The Hall–Kier alpha value is -2.13. The van der Waals surface area contributed by atoms with Crippen molar-refractivity contribution in [2.24, 2.45) is 0 Å². The van der Waals surface area contributed by atoms with E-state index in [9.17, 15) is 9.90 Å². The fraction of sp³-hybridized carbons (Fsp3) is 0.545. The van der Waals surface area contributed by atoms with Crippen molar-refractivity contribution in [3.05, 3.63) is 12.1 Å². The molecule has 1 heterocycles. The first-order chi connectivity index (χ1) is 9.52. The van der Waals surface area contributed by atoms with E-state index in [0.29, 0.717) is 18.2 Å². The van der Waals surface area contributed by atoms with Gasteiger partial charge in [0, 0.05) is 13.6 Å². The number of aliphatic hydroxyl groups is 2. The number of hydrazine groups is 1. The van der Waals surface area contributed by atoms with Crippen molar-refractivity contribution in [2.45, 2.75) is 13.0 Å². The van der Waals surface area contributed by atoms with Crippen LogP contribution >= 0.6 is 0 Å². The molecular formula is C11H19N5O4. The highest BCUT2D eigenvalue weighted by atomic mass is 16.6. The molecule has 0 spiro atoms. The van der Waals surface area contributed by atoms with Crippen molar-refractivity contribution in [1.82, 2.24) is 15.6 Å². The van der Waals surface area contributed by atoms with E-state index in [4.69, 9.17) is 5.11 Å². The molecule has 1 aromatic heterocycles. The summed E-state index contributed by atoms with van der Waals surface area (Å²) in [5.41, 5.74) is 4.75. The van der Waals surface area contributed by atoms with Crippen molar-refractivity contribution in [3.63, 3.8) is 0 Å². The first-order valence-corrected chi connectivity index (χ1v) is 6.05. The normalized spacial score (nSPS) is 11.6. The SMILES string of the molecule is CC(O)CN(C)c1ccc(NNC(=O)OCCO)nn1. The zero-order chi connectivity index (χ0) is 15.0. The minimum atomic E-state index is -0.726. The quantitative estimate of drug-likeness (QED) is 0.487. The van der Waals surface area contributed by atoms with Gasteiger partial charge in [-0.1, -0.05) is 0 Å². The predicted octanol–water partition coefficient (Wildman–Crippen LogP) is -0.661. The number of ether oxygens (including phenoxy) is 1. The van der Waals surface area contributed by atoms with Crippen LogP contribution in [0.2, 0.25) is 0 Å². The van der Waals surface area contributed by atoms with Gasteiger partial charge in [-0.3, -0.25) is 5.43 Å². The molecule has 112 valence electrons. The number of rotatable bonds is 7. The number of carbonyl (C=O) groups excluding carboxylic acids is 1.